The average molecular weight is 375 g/mol. The van der Waals surface area contributed by atoms with E-state index in [1.807, 2.05) is 26.8 Å². The Kier molecular flexibility index (Phi) is 5.82. The van der Waals surface area contributed by atoms with Crippen LogP contribution in [-0.4, -0.2) is 53.9 Å². The van der Waals surface area contributed by atoms with E-state index in [1.54, 1.807) is 0 Å². The van der Waals surface area contributed by atoms with Gasteiger partial charge in [0.25, 0.3) is 0 Å². The molecule has 2 heterocycles. The first-order chi connectivity index (χ1) is 12.7. The number of carbonyl (C=O) groups is 1. The van der Waals surface area contributed by atoms with Crippen LogP contribution in [0.15, 0.2) is 30.3 Å². The lowest BCUT2D eigenvalue weighted by Crippen LogP contribution is -2.72. The van der Waals surface area contributed by atoms with E-state index in [4.69, 9.17) is 4.74 Å². The van der Waals surface area contributed by atoms with E-state index in [-0.39, 0.29) is 11.6 Å². The zero-order valence-corrected chi connectivity index (χ0v) is 17.4. The number of anilines is 1. The fourth-order valence-corrected chi connectivity index (χ4v) is 4.61. The van der Waals surface area contributed by atoms with Crippen molar-refractivity contribution >= 4 is 11.8 Å². The highest BCUT2D eigenvalue weighted by atomic mass is 16.6. The summed E-state index contributed by atoms with van der Waals surface area (Å²) in [7, 11) is 0. The Labute approximate surface area is 164 Å². The molecule has 1 aromatic carbocycles. The second-order valence-electron chi connectivity index (χ2n) is 9.43. The molecule has 0 aliphatic carbocycles. The minimum absolute atomic E-state index is 0.0370. The zero-order chi connectivity index (χ0) is 19.5. The molecule has 0 unspecified atom stereocenters. The number of hydrogen-bond donors (Lipinski definition) is 2. The van der Waals surface area contributed by atoms with Crippen molar-refractivity contribution in [2.75, 3.05) is 31.5 Å². The maximum Gasteiger partial charge on any atom is 0.516 e. The van der Waals surface area contributed by atoms with Gasteiger partial charge in [0.05, 0.1) is 13.1 Å². The van der Waals surface area contributed by atoms with Crippen LogP contribution in [0, 0.1) is 0 Å². The van der Waals surface area contributed by atoms with E-state index in [9.17, 15) is 4.79 Å². The van der Waals surface area contributed by atoms with Crippen LogP contribution < -0.4 is 10.6 Å². The van der Waals surface area contributed by atoms with Gasteiger partial charge in [-0.2, -0.15) is 4.79 Å². The summed E-state index contributed by atoms with van der Waals surface area (Å²) >= 11 is 0. The van der Waals surface area contributed by atoms with Crippen LogP contribution in [0.2, 0.25) is 0 Å². The number of nitrogens with one attached hydrogen (secondary N) is 2. The number of piperidine rings is 2. The number of nitrogens with zero attached hydrogens (tertiary/aromatic N) is 1. The number of likely N-dealkylation sites (tertiary alicyclic amines) is 1. The summed E-state index contributed by atoms with van der Waals surface area (Å²) in [6.07, 6.45) is 3.96. The molecule has 1 aromatic rings. The Morgan fingerprint density at radius 2 is 1.74 bits per heavy atom. The van der Waals surface area contributed by atoms with E-state index in [2.05, 4.69) is 41.8 Å². The molecule has 5 nitrogen and oxygen atoms in total. The summed E-state index contributed by atoms with van der Waals surface area (Å²) in [6.45, 7) is 11.8. The summed E-state index contributed by atoms with van der Waals surface area (Å²) in [4.78, 5) is 13.4. The molecule has 2 saturated heterocycles. The normalized spacial score (nSPS) is 28.4. The molecule has 0 spiro atoms. The second kappa shape index (κ2) is 7.80. The lowest BCUT2D eigenvalue weighted by Gasteiger charge is -2.53. The summed E-state index contributed by atoms with van der Waals surface area (Å²) in [5.74, 6) is 0. The summed E-state index contributed by atoms with van der Waals surface area (Å²) in [5, 5.41) is 7.10. The molecule has 2 fully saturated rings. The van der Waals surface area contributed by atoms with Gasteiger partial charge in [0.2, 0.25) is 0 Å². The molecular weight excluding hydrogens is 338 g/mol. The van der Waals surface area contributed by atoms with Crippen molar-refractivity contribution < 1.29 is 14.0 Å². The molecule has 5 heteroatoms. The Bertz CT molecular complexity index is 625. The first-order valence-corrected chi connectivity index (χ1v) is 10.4. The Hall–Kier alpha value is -1.59. The van der Waals surface area contributed by atoms with E-state index < -0.39 is 5.60 Å². The maximum absolute atomic E-state index is 13.4. The molecule has 2 aliphatic heterocycles. The number of carbonyl (C=O) groups excluding carboxylic acids is 1. The fraction of sp³-hybridized carbons (Fsp3) is 0.682. The van der Waals surface area contributed by atoms with Gasteiger partial charge in [-0.05, 0) is 39.8 Å². The number of amides is 1. The minimum Gasteiger partial charge on any atom is -0.414 e. The Balaban J connectivity index is 1.77. The van der Waals surface area contributed by atoms with Crippen molar-refractivity contribution in [3.05, 3.63) is 30.3 Å². The number of ether oxygens (including phenoxy) is 1. The topological polar surface area (TPSA) is 50.4 Å². The highest BCUT2D eigenvalue weighted by Crippen LogP contribution is 2.39. The number of rotatable bonds is 3. The molecule has 1 amide bonds. The lowest BCUT2D eigenvalue weighted by molar-refractivity contribution is -0.914. The summed E-state index contributed by atoms with van der Waals surface area (Å²) < 4.78 is 6.42. The van der Waals surface area contributed by atoms with Crippen molar-refractivity contribution in [1.82, 2.24) is 5.32 Å². The van der Waals surface area contributed by atoms with Gasteiger partial charge in [-0.1, -0.05) is 18.2 Å². The smallest absolute Gasteiger partial charge is 0.414 e. The van der Waals surface area contributed by atoms with Crippen LogP contribution in [0.3, 0.4) is 0 Å². The van der Waals surface area contributed by atoms with Gasteiger partial charge in [-0.25, -0.2) is 4.48 Å². The largest absolute Gasteiger partial charge is 0.516 e. The van der Waals surface area contributed by atoms with Gasteiger partial charge >= 0.3 is 6.09 Å². The predicted octanol–water partition coefficient (Wildman–Crippen LogP) is 4.15. The van der Waals surface area contributed by atoms with Crippen LogP contribution >= 0.6 is 0 Å². The van der Waals surface area contributed by atoms with Gasteiger partial charge in [0.15, 0.2) is 0 Å². The molecule has 0 bridgehead atoms. The fourth-order valence-electron chi connectivity index (χ4n) is 4.61. The van der Waals surface area contributed by atoms with Gasteiger partial charge in [0.1, 0.15) is 11.1 Å². The molecular formula is C22H36N3O2+. The van der Waals surface area contributed by atoms with Crippen LogP contribution in [0.1, 0.15) is 53.4 Å². The maximum atomic E-state index is 13.4. The van der Waals surface area contributed by atoms with Crippen LogP contribution in [0.4, 0.5) is 10.5 Å². The third-order valence-corrected chi connectivity index (χ3v) is 6.32. The third-order valence-electron chi connectivity index (χ3n) is 6.32. The summed E-state index contributed by atoms with van der Waals surface area (Å²) in [5.41, 5.74) is 0.656. The second-order valence-corrected chi connectivity index (χ2v) is 9.43. The number of quaternary nitrogens is 1. The number of hydrogen-bond acceptors (Lipinski definition) is 4. The standard InChI is InChI=1S/C22H36N3O2/c1-21(2,3)27-20(26)25(22(4)12-14-23-15-13-22)16-10-19(11-17-25)24-18-8-6-5-7-9-18/h5-9,19,23-24H,10-17H2,1-4H3/q+1. The molecule has 2 N–H and O–H groups in total. The Morgan fingerprint density at radius 3 is 2.30 bits per heavy atom. The zero-order valence-electron chi connectivity index (χ0n) is 17.4. The highest BCUT2D eigenvalue weighted by molar-refractivity contribution is 5.61. The number of para-hydroxylation sites is 1. The monoisotopic (exact) mass is 374 g/mol. The van der Waals surface area contributed by atoms with E-state index in [0.717, 1.165) is 57.5 Å². The lowest BCUT2D eigenvalue weighted by atomic mass is 9.83. The van der Waals surface area contributed by atoms with Crippen LogP contribution in [0.25, 0.3) is 0 Å². The molecule has 150 valence electrons. The van der Waals surface area contributed by atoms with Crippen molar-refractivity contribution in [2.24, 2.45) is 0 Å². The van der Waals surface area contributed by atoms with Gasteiger partial charge in [0, 0.05) is 50.5 Å². The number of benzene rings is 1. The third kappa shape index (κ3) is 4.46. The molecule has 0 atom stereocenters. The minimum atomic E-state index is -0.454. The van der Waals surface area contributed by atoms with Crippen LogP contribution in [0.5, 0.6) is 0 Å². The van der Waals surface area contributed by atoms with E-state index in [1.165, 1.54) is 0 Å². The molecule has 2 aliphatic rings. The molecule has 27 heavy (non-hydrogen) atoms. The van der Waals surface area contributed by atoms with Crippen molar-refractivity contribution in [2.45, 2.75) is 70.6 Å². The SMILES string of the molecule is CC(C)(C)OC(=O)[N+]1(C2(C)CCNCC2)CCC(Nc2ccccc2)CC1. The highest BCUT2D eigenvalue weighted by Gasteiger charge is 2.56. The summed E-state index contributed by atoms with van der Waals surface area (Å²) in [6, 6.07) is 10.8. The van der Waals surface area contributed by atoms with Crippen molar-refractivity contribution in [1.29, 1.82) is 0 Å². The molecule has 0 radical (unpaired) electrons. The van der Waals surface area contributed by atoms with Crippen LogP contribution in [-0.2, 0) is 4.74 Å². The van der Waals surface area contributed by atoms with Gasteiger partial charge in [-0.3, -0.25) is 0 Å². The molecule has 0 aromatic heterocycles. The molecule has 0 saturated carbocycles. The average Bonchev–Trinajstić information content (AvgIpc) is 2.62. The van der Waals surface area contributed by atoms with Gasteiger partial charge < -0.3 is 15.4 Å². The molecule has 3 rings (SSSR count). The first-order valence-electron chi connectivity index (χ1n) is 10.4. The van der Waals surface area contributed by atoms with E-state index >= 15 is 0 Å². The first kappa shape index (κ1) is 20.2. The van der Waals surface area contributed by atoms with Crippen molar-refractivity contribution in [3.63, 3.8) is 0 Å². The quantitative estimate of drug-likeness (QED) is 0.780. The van der Waals surface area contributed by atoms with Crippen molar-refractivity contribution in [3.8, 4) is 0 Å². The van der Waals surface area contributed by atoms with Gasteiger partial charge in [-0.15, -0.1) is 0 Å². The Morgan fingerprint density at radius 1 is 1.15 bits per heavy atom. The van der Waals surface area contributed by atoms with E-state index in [0.29, 0.717) is 10.5 Å². The predicted molar refractivity (Wildman–Crippen MR) is 110 cm³/mol.